The molecule has 2 aromatic carbocycles. The number of hydrogen-bond donors (Lipinski definition) is 1. The van der Waals surface area contributed by atoms with Crippen LogP contribution in [-0.4, -0.2) is 54.6 Å². The molecule has 1 saturated heterocycles. The zero-order valence-electron chi connectivity index (χ0n) is 16.3. The van der Waals surface area contributed by atoms with Crippen LogP contribution >= 0.6 is 15.9 Å². The number of benzene rings is 2. The van der Waals surface area contributed by atoms with Gasteiger partial charge in [-0.1, -0.05) is 46.3 Å². The highest BCUT2D eigenvalue weighted by Crippen LogP contribution is 2.26. The fraction of sp³-hybridized carbons (Fsp3) is 0.348. The van der Waals surface area contributed by atoms with Crippen molar-refractivity contribution >= 4 is 32.5 Å². The zero-order valence-corrected chi connectivity index (χ0v) is 17.9. The van der Waals surface area contributed by atoms with Crippen LogP contribution < -0.4 is 5.32 Å². The van der Waals surface area contributed by atoms with Gasteiger partial charge in [0.15, 0.2) is 0 Å². The van der Waals surface area contributed by atoms with Crippen molar-refractivity contribution in [2.24, 2.45) is 0 Å². The van der Waals surface area contributed by atoms with E-state index in [1.807, 2.05) is 12.3 Å². The molecule has 0 spiro atoms. The molecule has 0 bridgehead atoms. The largest absolute Gasteiger partial charge is 0.384 e. The van der Waals surface area contributed by atoms with Crippen molar-refractivity contribution in [1.29, 1.82) is 0 Å². The first kappa shape index (κ1) is 19.4. The summed E-state index contributed by atoms with van der Waals surface area (Å²) in [5, 5.41) is 4.79. The quantitative estimate of drug-likeness (QED) is 0.560. The number of anilines is 1. The number of nitrogens with zero attached hydrogens (tertiary/aromatic N) is 3. The molecule has 0 amide bonds. The van der Waals surface area contributed by atoms with Crippen LogP contribution in [-0.2, 0) is 0 Å². The van der Waals surface area contributed by atoms with Gasteiger partial charge in [0.1, 0.15) is 0 Å². The third-order valence-corrected chi connectivity index (χ3v) is 6.01. The number of rotatable bonds is 6. The predicted octanol–water partition coefficient (Wildman–Crippen LogP) is 4.79. The third kappa shape index (κ3) is 4.54. The van der Waals surface area contributed by atoms with E-state index >= 15 is 0 Å². The van der Waals surface area contributed by atoms with E-state index in [-0.39, 0.29) is 0 Å². The summed E-state index contributed by atoms with van der Waals surface area (Å²) in [5.41, 5.74) is 3.60. The maximum Gasteiger partial charge on any atom is 0.0723 e. The molecule has 1 N–H and O–H groups in total. The number of hydrogen-bond acceptors (Lipinski definition) is 4. The maximum absolute atomic E-state index is 4.46. The van der Waals surface area contributed by atoms with Crippen LogP contribution in [0.3, 0.4) is 0 Å². The summed E-state index contributed by atoms with van der Waals surface area (Å²) in [7, 11) is 2.22. The first-order chi connectivity index (χ1) is 13.7. The van der Waals surface area contributed by atoms with E-state index in [0.29, 0.717) is 6.04 Å². The number of fused-ring (bicyclic) bond motifs is 1. The number of piperazine rings is 1. The molecule has 1 unspecified atom stereocenters. The van der Waals surface area contributed by atoms with Gasteiger partial charge in [-0.3, -0.25) is 9.88 Å². The van der Waals surface area contributed by atoms with E-state index < -0.39 is 0 Å². The molecule has 146 valence electrons. The minimum Gasteiger partial charge on any atom is -0.384 e. The van der Waals surface area contributed by atoms with Crippen molar-refractivity contribution in [2.45, 2.75) is 12.5 Å². The second-order valence-corrected chi connectivity index (χ2v) is 8.44. The lowest BCUT2D eigenvalue weighted by atomic mass is 10.0. The lowest BCUT2D eigenvalue weighted by Gasteiger charge is -2.40. The van der Waals surface area contributed by atoms with E-state index in [2.05, 4.69) is 91.6 Å². The fourth-order valence-corrected chi connectivity index (χ4v) is 4.35. The summed E-state index contributed by atoms with van der Waals surface area (Å²) in [6.07, 6.45) is 3.00. The summed E-state index contributed by atoms with van der Waals surface area (Å²) >= 11 is 3.57. The number of aromatic nitrogens is 1. The normalized spacial score (nSPS) is 18.4. The molecule has 2 heterocycles. The molecule has 5 heteroatoms. The second kappa shape index (κ2) is 9.03. The van der Waals surface area contributed by atoms with Crippen molar-refractivity contribution in [1.82, 2.24) is 14.8 Å². The number of pyridine rings is 1. The van der Waals surface area contributed by atoms with Gasteiger partial charge in [-0.05, 0) is 43.3 Å². The van der Waals surface area contributed by atoms with E-state index in [0.717, 1.165) is 54.8 Å². The first-order valence-electron chi connectivity index (χ1n) is 9.96. The van der Waals surface area contributed by atoms with Crippen LogP contribution in [0, 0.1) is 0 Å². The first-order valence-corrected chi connectivity index (χ1v) is 10.8. The molecule has 28 heavy (non-hydrogen) atoms. The molecular formula is C23H27BrN4. The number of likely N-dealkylation sites (N-methyl/N-ethyl adjacent to an activating group) is 1. The predicted molar refractivity (Wildman–Crippen MR) is 121 cm³/mol. The summed E-state index contributed by atoms with van der Waals surface area (Å²) in [6, 6.07) is 19.7. The Kier molecular flexibility index (Phi) is 6.25. The Morgan fingerprint density at radius 2 is 1.96 bits per heavy atom. The molecule has 1 aliphatic rings. The van der Waals surface area contributed by atoms with Crippen LogP contribution in [0.4, 0.5) is 5.69 Å². The minimum absolute atomic E-state index is 0.484. The van der Waals surface area contributed by atoms with Crippen LogP contribution in [0.25, 0.3) is 10.9 Å². The van der Waals surface area contributed by atoms with Crippen molar-refractivity contribution in [3.05, 3.63) is 70.8 Å². The van der Waals surface area contributed by atoms with Crippen LogP contribution in [0.1, 0.15) is 18.0 Å². The van der Waals surface area contributed by atoms with E-state index in [4.69, 9.17) is 0 Å². The van der Waals surface area contributed by atoms with Crippen LogP contribution in [0.2, 0.25) is 0 Å². The van der Waals surface area contributed by atoms with Crippen molar-refractivity contribution in [2.75, 3.05) is 45.1 Å². The van der Waals surface area contributed by atoms with Gasteiger partial charge in [0, 0.05) is 60.5 Å². The lowest BCUT2D eigenvalue weighted by Crippen LogP contribution is -2.47. The highest BCUT2D eigenvalue weighted by molar-refractivity contribution is 9.10. The van der Waals surface area contributed by atoms with Crippen LogP contribution in [0.15, 0.2) is 65.3 Å². The van der Waals surface area contributed by atoms with Gasteiger partial charge in [0.2, 0.25) is 0 Å². The van der Waals surface area contributed by atoms with Gasteiger partial charge in [0.05, 0.1) is 5.52 Å². The van der Waals surface area contributed by atoms with Gasteiger partial charge in [-0.15, -0.1) is 0 Å². The number of halogens is 1. The Bertz CT molecular complexity index is 915. The molecule has 0 radical (unpaired) electrons. The van der Waals surface area contributed by atoms with Crippen molar-refractivity contribution in [3.8, 4) is 0 Å². The molecule has 4 nitrogen and oxygen atoms in total. The minimum atomic E-state index is 0.484. The van der Waals surface area contributed by atoms with Crippen molar-refractivity contribution in [3.63, 3.8) is 0 Å². The third-order valence-electron chi connectivity index (χ3n) is 5.52. The lowest BCUT2D eigenvalue weighted by molar-refractivity contribution is 0.0897. The molecule has 0 aliphatic carbocycles. The molecule has 0 saturated carbocycles. The Hall–Kier alpha value is -1.95. The summed E-state index contributed by atoms with van der Waals surface area (Å²) in [6.45, 7) is 5.42. The van der Waals surface area contributed by atoms with Crippen LogP contribution in [0.5, 0.6) is 0 Å². The van der Waals surface area contributed by atoms with E-state index in [9.17, 15) is 0 Å². The topological polar surface area (TPSA) is 31.4 Å². The maximum atomic E-state index is 4.46. The monoisotopic (exact) mass is 438 g/mol. The Morgan fingerprint density at radius 3 is 2.82 bits per heavy atom. The van der Waals surface area contributed by atoms with Gasteiger partial charge >= 0.3 is 0 Å². The number of nitrogens with one attached hydrogen (secondary N) is 1. The summed E-state index contributed by atoms with van der Waals surface area (Å²) < 4.78 is 1.08. The molecule has 4 rings (SSSR count). The average molecular weight is 439 g/mol. The molecular weight excluding hydrogens is 412 g/mol. The molecule has 3 aromatic rings. The Balaban J connectivity index is 1.37. The van der Waals surface area contributed by atoms with E-state index in [1.54, 1.807) is 0 Å². The average Bonchev–Trinajstić information content (AvgIpc) is 2.73. The molecule has 1 atom stereocenters. The molecule has 1 aliphatic heterocycles. The standard InChI is InChI=1S/C23H27BrN4/c1-27-14-15-28(23(17-27)18-6-3-2-4-7-18)13-5-11-25-22-10-12-26-21-9-8-19(24)16-20(21)22/h2-4,6-10,12,16,23H,5,11,13-15,17H2,1H3,(H,25,26). The Labute approximate surface area is 175 Å². The molecule has 1 fully saturated rings. The molecule has 1 aromatic heterocycles. The summed E-state index contributed by atoms with van der Waals surface area (Å²) in [4.78, 5) is 9.54. The highest BCUT2D eigenvalue weighted by atomic mass is 79.9. The SMILES string of the molecule is CN1CCN(CCCNc2ccnc3ccc(Br)cc23)C(c2ccccc2)C1. The smallest absolute Gasteiger partial charge is 0.0723 e. The van der Waals surface area contributed by atoms with Gasteiger partial charge < -0.3 is 10.2 Å². The van der Waals surface area contributed by atoms with Crippen molar-refractivity contribution < 1.29 is 0 Å². The summed E-state index contributed by atoms with van der Waals surface area (Å²) in [5.74, 6) is 0. The van der Waals surface area contributed by atoms with Gasteiger partial charge in [-0.2, -0.15) is 0 Å². The van der Waals surface area contributed by atoms with Gasteiger partial charge in [0.25, 0.3) is 0 Å². The second-order valence-electron chi connectivity index (χ2n) is 7.53. The zero-order chi connectivity index (χ0) is 19.3. The highest BCUT2D eigenvalue weighted by Gasteiger charge is 2.25. The Morgan fingerprint density at radius 1 is 1.11 bits per heavy atom. The van der Waals surface area contributed by atoms with Gasteiger partial charge in [-0.25, -0.2) is 0 Å². The fourth-order valence-electron chi connectivity index (χ4n) is 3.99. The van der Waals surface area contributed by atoms with E-state index in [1.165, 1.54) is 10.9 Å².